The highest BCUT2D eigenvalue weighted by atomic mass is 19.4. The maximum Gasteiger partial charge on any atom is 0.412 e. The first-order valence-corrected chi connectivity index (χ1v) is 9.38. The van der Waals surface area contributed by atoms with Gasteiger partial charge in [0, 0.05) is 25.2 Å². The lowest BCUT2D eigenvalue weighted by atomic mass is 9.97. The fourth-order valence-corrected chi connectivity index (χ4v) is 3.57. The minimum atomic E-state index is -4.57. The van der Waals surface area contributed by atoms with Crippen LogP contribution in [0, 0.1) is 0 Å². The van der Waals surface area contributed by atoms with Gasteiger partial charge in [-0.1, -0.05) is 6.07 Å². The summed E-state index contributed by atoms with van der Waals surface area (Å²) in [6.45, 7) is 0.0326. The number of aromatic nitrogens is 3. The smallest absolute Gasteiger partial charge is 0.412 e. The van der Waals surface area contributed by atoms with E-state index in [-0.39, 0.29) is 31.8 Å². The average molecular weight is 419 g/mol. The quantitative estimate of drug-likeness (QED) is 0.665. The van der Waals surface area contributed by atoms with Gasteiger partial charge in [-0.2, -0.15) is 18.3 Å². The molecule has 2 aromatic heterocycles. The zero-order chi connectivity index (χ0) is 21.4. The summed E-state index contributed by atoms with van der Waals surface area (Å²) in [5.74, 6) is -0.369. The molecule has 0 spiro atoms. The standard InChI is InChI=1S/C20H20F3N5O2/c1-28-17(18(29)26-19(20(21,22)23)7-9-24-12-19)15-10-14(5-6-16(15)27-28)30-11-13-4-2-3-8-25-13/h2-6,8,10,24H,7,9,11-12H2,1H3,(H,26,29). The Hall–Kier alpha value is -3.14. The van der Waals surface area contributed by atoms with Crippen molar-refractivity contribution in [3.8, 4) is 5.75 Å². The van der Waals surface area contributed by atoms with Gasteiger partial charge in [-0.3, -0.25) is 14.5 Å². The molecule has 30 heavy (non-hydrogen) atoms. The van der Waals surface area contributed by atoms with E-state index in [1.54, 1.807) is 30.5 Å². The number of hydrogen-bond acceptors (Lipinski definition) is 5. The van der Waals surface area contributed by atoms with Gasteiger partial charge in [-0.05, 0) is 43.3 Å². The van der Waals surface area contributed by atoms with E-state index in [0.29, 0.717) is 16.7 Å². The Labute approximate surface area is 170 Å². The highest BCUT2D eigenvalue weighted by molar-refractivity contribution is 6.05. The topological polar surface area (TPSA) is 81.1 Å². The van der Waals surface area contributed by atoms with Crippen LogP contribution in [0.3, 0.4) is 0 Å². The molecule has 3 aromatic rings. The number of rotatable bonds is 5. The molecular formula is C20H20F3N5O2. The van der Waals surface area contributed by atoms with Gasteiger partial charge in [0.1, 0.15) is 23.6 Å². The third-order valence-corrected chi connectivity index (χ3v) is 5.18. The van der Waals surface area contributed by atoms with Gasteiger partial charge in [-0.15, -0.1) is 0 Å². The normalized spacial score (nSPS) is 19.2. The summed E-state index contributed by atoms with van der Waals surface area (Å²) in [6.07, 6.45) is -3.15. The number of benzene rings is 1. The number of ether oxygens (including phenoxy) is 1. The van der Waals surface area contributed by atoms with Crippen molar-refractivity contribution in [2.45, 2.75) is 24.7 Å². The minimum absolute atomic E-state index is 0.0452. The van der Waals surface area contributed by atoms with Crippen molar-refractivity contribution >= 4 is 16.8 Å². The van der Waals surface area contributed by atoms with E-state index < -0.39 is 17.6 Å². The predicted molar refractivity (Wildman–Crippen MR) is 103 cm³/mol. The molecule has 1 saturated heterocycles. The molecule has 10 heteroatoms. The third-order valence-electron chi connectivity index (χ3n) is 5.18. The Kier molecular flexibility index (Phi) is 5.10. The van der Waals surface area contributed by atoms with Gasteiger partial charge >= 0.3 is 6.18 Å². The Morgan fingerprint density at radius 1 is 1.33 bits per heavy atom. The van der Waals surface area contributed by atoms with Crippen molar-refractivity contribution in [3.05, 3.63) is 54.0 Å². The van der Waals surface area contributed by atoms with E-state index in [1.807, 2.05) is 12.1 Å². The van der Waals surface area contributed by atoms with E-state index in [0.717, 1.165) is 5.69 Å². The van der Waals surface area contributed by atoms with Crippen LogP contribution >= 0.6 is 0 Å². The summed E-state index contributed by atoms with van der Waals surface area (Å²) in [4.78, 5) is 17.1. The van der Waals surface area contributed by atoms with Gasteiger partial charge in [0.2, 0.25) is 0 Å². The first-order valence-electron chi connectivity index (χ1n) is 9.38. The lowest BCUT2D eigenvalue weighted by Gasteiger charge is -2.31. The number of carbonyl (C=O) groups is 1. The van der Waals surface area contributed by atoms with Crippen LogP contribution in [-0.4, -0.2) is 45.5 Å². The lowest BCUT2D eigenvalue weighted by molar-refractivity contribution is -0.187. The monoisotopic (exact) mass is 419 g/mol. The Bertz CT molecular complexity index is 1060. The second-order valence-electron chi connectivity index (χ2n) is 7.22. The molecule has 1 aliphatic rings. The van der Waals surface area contributed by atoms with Crippen molar-refractivity contribution in [1.82, 2.24) is 25.4 Å². The van der Waals surface area contributed by atoms with Crippen LogP contribution in [0.4, 0.5) is 13.2 Å². The minimum Gasteiger partial charge on any atom is -0.487 e. The SMILES string of the molecule is Cn1nc2ccc(OCc3ccccn3)cc2c1C(=O)NC1(C(F)(F)F)CCNC1. The van der Waals surface area contributed by atoms with Crippen molar-refractivity contribution < 1.29 is 22.7 Å². The molecule has 1 aromatic carbocycles. The van der Waals surface area contributed by atoms with Gasteiger partial charge in [0.05, 0.1) is 11.2 Å². The molecule has 0 saturated carbocycles. The van der Waals surface area contributed by atoms with Crippen LogP contribution in [0.25, 0.3) is 10.9 Å². The number of alkyl halides is 3. The van der Waals surface area contributed by atoms with Crippen molar-refractivity contribution in [3.63, 3.8) is 0 Å². The molecule has 1 unspecified atom stereocenters. The summed E-state index contributed by atoms with van der Waals surface area (Å²) < 4.78 is 48.0. The van der Waals surface area contributed by atoms with Crippen molar-refractivity contribution in [2.75, 3.05) is 13.1 Å². The number of pyridine rings is 1. The van der Waals surface area contributed by atoms with Crippen LogP contribution in [-0.2, 0) is 13.7 Å². The molecule has 1 atom stereocenters. The number of halogens is 3. The Balaban J connectivity index is 1.61. The van der Waals surface area contributed by atoms with E-state index in [4.69, 9.17) is 4.74 Å². The fraction of sp³-hybridized carbons (Fsp3) is 0.350. The third kappa shape index (κ3) is 3.70. The summed E-state index contributed by atoms with van der Waals surface area (Å²) in [5, 5.41) is 9.55. The molecule has 2 N–H and O–H groups in total. The highest BCUT2D eigenvalue weighted by Crippen LogP contribution is 2.35. The zero-order valence-electron chi connectivity index (χ0n) is 16.2. The molecule has 1 amide bonds. The van der Waals surface area contributed by atoms with E-state index in [1.165, 1.54) is 11.7 Å². The molecular weight excluding hydrogens is 399 g/mol. The molecule has 7 nitrogen and oxygen atoms in total. The number of nitrogens with one attached hydrogen (secondary N) is 2. The van der Waals surface area contributed by atoms with Crippen LogP contribution in [0.1, 0.15) is 22.6 Å². The fourth-order valence-electron chi connectivity index (χ4n) is 3.57. The highest BCUT2D eigenvalue weighted by Gasteiger charge is 2.57. The summed E-state index contributed by atoms with van der Waals surface area (Å²) >= 11 is 0. The molecule has 0 aliphatic carbocycles. The molecule has 158 valence electrons. The Morgan fingerprint density at radius 2 is 2.17 bits per heavy atom. The van der Waals surface area contributed by atoms with Crippen LogP contribution in [0.15, 0.2) is 42.6 Å². The van der Waals surface area contributed by atoms with Gasteiger partial charge in [0.25, 0.3) is 5.91 Å². The van der Waals surface area contributed by atoms with Gasteiger partial charge in [0.15, 0.2) is 0 Å². The number of aryl methyl sites for hydroxylation is 1. The molecule has 0 radical (unpaired) electrons. The second-order valence-corrected chi connectivity index (χ2v) is 7.22. The number of amides is 1. The molecule has 1 fully saturated rings. The van der Waals surface area contributed by atoms with Gasteiger partial charge < -0.3 is 15.4 Å². The Morgan fingerprint density at radius 3 is 2.83 bits per heavy atom. The largest absolute Gasteiger partial charge is 0.487 e. The van der Waals surface area contributed by atoms with E-state index in [2.05, 4.69) is 20.7 Å². The summed E-state index contributed by atoms with van der Waals surface area (Å²) in [6, 6.07) is 10.4. The summed E-state index contributed by atoms with van der Waals surface area (Å²) in [5.41, 5.74) is -1.04. The second kappa shape index (κ2) is 7.60. The number of nitrogens with zero attached hydrogens (tertiary/aromatic N) is 3. The van der Waals surface area contributed by atoms with Gasteiger partial charge in [-0.25, -0.2) is 0 Å². The zero-order valence-corrected chi connectivity index (χ0v) is 16.2. The molecule has 0 bridgehead atoms. The number of hydrogen-bond donors (Lipinski definition) is 2. The number of fused-ring (bicyclic) bond motifs is 1. The maximum atomic E-state index is 13.7. The number of carbonyl (C=O) groups excluding carboxylic acids is 1. The molecule has 1 aliphatic heterocycles. The van der Waals surface area contributed by atoms with Crippen molar-refractivity contribution in [2.24, 2.45) is 7.05 Å². The average Bonchev–Trinajstić information content (AvgIpc) is 3.31. The molecule has 4 rings (SSSR count). The van der Waals surface area contributed by atoms with Crippen LogP contribution < -0.4 is 15.4 Å². The first kappa shape index (κ1) is 20.1. The maximum absolute atomic E-state index is 13.7. The van der Waals surface area contributed by atoms with Crippen LogP contribution in [0.2, 0.25) is 0 Å². The van der Waals surface area contributed by atoms with E-state index in [9.17, 15) is 18.0 Å². The first-order chi connectivity index (χ1) is 14.3. The summed E-state index contributed by atoms with van der Waals surface area (Å²) in [7, 11) is 1.52. The predicted octanol–water partition coefficient (Wildman–Crippen LogP) is 2.57. The van der Waals surface area contributed by atoms with Crippen LogP contribution in [0.5, 0.6) is 5.75 Å². The van der Waals surface area contributed by atoms with E-state index >= 15 is 0 Å². The lowest BCUT2D eigenvalue weighted by Crippen LogP contribution is -2.60. The molecule has 3 heterocycles. The van der Waals surface area contributed by atoms with Crippen molar-refractivity contribution in [1.29, 1.82) is 0 Å².